The number of likely N-dealkylation sites (N-methyl/N-ethyl adjacent to an activating group) is 1. The number of rotatable bonds is 1. The van der Waals surface area contributed by atoms with E-state index in [1.807, 2.05) is 0 Å². The van der Waals surface area contributed by atoms with Crippen LogP contribution in [0.2, 0.25) is 0 Å². The van der Waals surface area contributed by atoms with Gasteiger partial charge in [0.05, 0.1) is 0 Å². The van der Waals surface area contributed by atoms with Gasteiger partial charge in [0, 0.05) is 24.1 Å². The van der Waals surface area contributed by atoms with Crippen LogP contribution in [0.5, 0.6) is 0 Å². The molecule has 0 aromatic carbocycles. The average Bonchev–Trinajstić information content (AvgIpc) is 2.72. The normalized spacial score (nSPS) is 21.7. The fourth-order valence-electron chi connectivity index (χ4n) is 3.04. The molecule has 0 aromatic rings. The van der Waals surface area contributed by atoms with E-state index in [0.29, 0.717) is 17.7 Å². The molecule has 1 aliphatic rings. The van der Waals surface area contributed by atoms with E-state index in [1.54, 1.807) is 0 Å². The van der Waals surface area contributed by atoms with Crippen molar-refractivity contribution in [3.05, 3.63) is 0 Å². The average molecular weight is 460 g/mol. The molecule has 1 heterocycles. The Bertz CT molecular complexity index is 727. The molecule has 6 N–H and O–H groups in total. The Morgan fingerprint density at radius 2 is 1.56 bits per heavy atom. The van der Waals surface area contributed by atoms with E-state index in [2.05, 4.69) is 5.10 Å². The highest BCUT2D eigenvalue weighted by Crippen LogP contribution is 2.19. The third-order valence-corrected chi connectivity index (χ3v) is 4.96. The number of cyclic esters (lactones) is 2. The first-order chi connectivity index (χ1) is 16.3. The molecule has 0 unspecified atom stereocenters. The van der Waals surface area contributed by atoms with Crippen LogP contribution in [0.3, 0.4) is 0 Å². The molecule has 0 aliphatic carbocycles. The Labute approximate surface area is 194 Å². The van der Waals surface area contributed by atoms with E-state index in [0.717, 1.165) is 56.4 Å². The Balaban J connectivity index is 0.00000365. The summed E-state index contributed by atoms with van der Waals surface area (Å²) in [6.45, 7) is -0.356. The summed E-state index contributed by atoms with van der Waals surface area (Å²) in [6, 6.07) is 0. The Morgan fingerprint density at radius 1 is 1.09 bits per heavy atom. The van der Waals surface area contributed by atoms with Gasteiger partial charge in [0.25, 0.3) is 6.47 Å². The Hall–Kier alpha value is -2.85. The quantitative estimate of drug-likeness (QED) is 0.150. The smallest absolute Gasteiger partial charge is 0.339 e. The summed E-state index contributed by atoms with van der Waals surface area (Å²) in [4.78, 5) is 33.9. The van der Waals surface area contributed by atoms with Crippen LogP contribution >= 0.6 is 0 Å². The van der Waals surface area contributed by atoms with Crippen LogP contribution in [0.1, 0.15) is 88.6 Å². The summed E-state index contributed by atoms with van der Waals surface area (Å²) in [5.41, 5.74) is 9.14. The van der Waals surface area contributed by atoms with Crippen LogP contribution in [0.15, 0.2) is 5.10 Å². The van der Waals surface area contributed by atoms with Crippen molar-refractivity contribution in [3.8, 4) is 0 Å². The molecule has 1 aliphatic heterocycles. The maximum absolute atomic E-state index is 12.8. The van der Waals surface area contributed by atoms with Crippen LogP contribution in [0, 0.1) is 5.41 Å². The first-order valence-corrected chi connectivity index (χ1v) is 10.9. The molecule has 0 bridgehead atoms. The maximum atomic E-state index is 12.8. The van der Waals surface area contributed by atoms with Gasteiger partial charge in [-0.25, -0.2) is 9.80 Å². The highest BCUT2D eigenvalue weighted by atomic mass is 16.6. The molecular weight excluding hydrogens is 416 g/mol. The first kappa shape index (κ1) is 23.8. The second-order valence-electron chi connectivity index (χ2n) is 8.02. The summed E-state index contributed by atoms with van der Waals surface area (Å²) < 4.78 is 28.7. The second-order valence-corrected chi connectivity index (χ2v) is 8.02. The molecule has 0 saturated carbocycles. The minimum Gasteiger partial charge on any atom is -0.483 e. The molecule has 32 heavy (non-hydrogen) atoms. The van der Waals surface area contributed by atoms with Crippen molar-refractivity contribution in [1.29, 1.82) is 5.41 Å². The van der Waals surface area contributed by atoms with Gasteiger partial charge in [-0.3, -0.25) is 15.0 Å². The summed E-state index contributed by atoms with van der Waals surface area (Å²) >= 11 is 0. The molecule has 0 atom stereocenters. The van der Waals surface area contributed by atoms with Crippen molar-refractivity contribution in [2.45, 2.75) is 90.0 Å². The number of carboxylic acid groups (broad SMARTS) is 1. The number of hydrazone groups is 1. The van der Waals surface area contributed by atoms with Crippen LogP contribution < -0.4 is 11.5 Å². The topological polar surface area (TPSA) is 175 Å². The zero-order valence-electron chi connectivity index (χ0n) is 22.1. The number of hydrogen-bond donors (Lipinski definition) is 4. The number of ether oxygens (including phenoxy) is 1. The van der Waals surface area contributed by atoms with Gasteiger partial charge in [-0.1, -0.05) is 51.4 Å². The molecule has 184 valence electrons. The van der Waals surface area contributed by atoms with Crippen LogP contribution in [-0.4, -0.2) is 64.4 Å². The molecule has 0 aromatic heterocycles. The molecule has 0 spiro atoms. The van der Waals surface area contributed by atoms with E-state index in [4.69, 9.17) is 35.6 Å². The molecular formula is C21H40N6O5. The summed E-state index contributed by atoms with van der Waals surface area (Å²) in [6.07, 6.45) is 9.54. The minimum absolute atomic E-state index is 0.0765. The van der Waals surface area contributed by atoms with Crippen LogP contribution in [0.4, 0.5) is 0 Å². The van der Waals surface area contributed by atoms with Gasteiger partial charge >= 0.3 is 11.9 Å². The van der Waals surface area contributed by atoms with E-state index in [-0.39, 0.29) is 25.4 Å². The van der Waals surface area contributed by atoms with Crippen molar-refractivity contribution < 1.29 is 28.3 Å². The predicted molar refractivity (Wildman–Crippen MR) is 123 cm³/mol. The van der Waals surface area contributed by atoms with E-state index < -0.39 is 30.4 Å². The van der Waals surface area contributed by atoms with Crippen molar-refractivity contribution in [2.24, 2.45) is 16.6 Å². The Kier molecular flexibility index (Phi) is 11.8. The molecule has 0 amide bonds. The van der Waals surface area contributed by atoms with Gasteiger partial charge in [-0.2, -0.15) is 0 Å². The standard InChI is InChI=1S/C20H38N6O3.CH2O2/c1-20(2)17(28)29-16(27)14-12-10-8-6-4-5-7-9-11-13-15-26(24-18(21)22)19(23)25(20)3;2-1-3/h23H,4-15H2,1-3H3,(H4,21,22,24);1H,(H,2,3)/i3D3;. The summed E-state index contributed by atoms with van der Waals surface area (Å²) in [5, 5.41) is 20.4. The molecule has 1 rings (SSSR count). The van der Waals surface area contributed by atoms with Gasteiger partial charge in [0.2, 0.25) is 11.9 Å². The fraction of sp³-hybridized carbons (Fsp3) is 0.762. The highest BCUT2D eigenvalue weighted by Gasteiger charge is 2.38. The zero-order valence-corrected chi connectivity index (χ0v) is 19.1. The lowest BCUT2D eigenvalue weighted by molar-refractivity contribution is -0.166. The van der Waals surface area contributed by atoms with Crippen molar-refractivity contribution in [3.63, 3.8) is 0 Å². The molecule has 11 nitrogen and oxygen atoms in total. The van der Waals surface area contributed by atoms with E-state index in [9.17, 15) is 9.59 Å². The zero-order chi connectivity index (χ0) is 27.1. The monoisotopic (exact) mass is 459 g/mol. The number of esters is 2. The third-order valence-electron chi connectivity index (χ3n) is 4.96. The van der Waals surface area contributed by atoms with Crippen molar-refractivity contribution in [2.75, 3.05) is 13.5 Å². The molecule has 11 heteroatoms. The number of guanidine groups is 2. The predicted octanol–water partition coefficient (Wildman–Crippen LogP) is 2.20. The van der Waals surface area contributed by atoms with Crippen LogP contribution in [-0.2, 0) is 19.1 Å². The van der Waals surface area contributed by atoms with Gasteiger partial charge in [-0.05, 0) is 26.7 Å². The number of nitrogens with zero attached hydrogens (tertiary/aromatic N) is 3. The maximum Gasteiger partial charge on any atom is 0.339 e. The van der Waals surface area contributed by atoms with Gasteiger partial charge in [-0.15, -0.1) is 5.10 Å². The lowest BCUT2D eigenvalue weighted by Crippen LogP contribution is -2.55. The third kappa shape index (κ3) is 11.5. The summed E-state index contributed by atoms with van der Waals surface area (Å²) in [7, 11) is 0. The van der Waals surface area contributed by atoms with Gasteiger partial charge in [0.15, 0.2) is 0 Å². The lowest BCUT2D eigenvalue weighted by Gasteiger charge is -2.37. The minimum atomic E-state index is -2.89. The SMILES string of the molecule is O=CO.[2H]C([2H])([2H])N1C(=N)N(N=C(N)N)CCCCCCCCCCCCC(=O)OC(=O)C1(C)C. The van der Waals surface area contributed by atoms with Crippen molar-refractivity contribution >= 4 is 30.3 Å². The lowest BCUT2D eigenvalue weighted by atomic mass is 10.0. The summed E-state index contributed by atoms with van der Waals surface area (Å²) in [5.74, 6) is -2.68. The van der Waals surface area contributed by atoms with E-state index >= 15 is 0 Å². The van der Waals surface area contributed by atoms with Gasteiger partial charge < -0.3 is 26.2 Å². The number of hydrogen-bond acceptors (Lipinski definition) is 6. The largest absolute Gasteiger partial charge is 0.483 e. The van der Waals surface area contributed by atoms with Crippen LogP contribution in [0.25, 0.3) is 0 Å². The van der Waals surface area contributed by atoms with Gasteiger partial charge in [0.1, 0.15) is 5.54 Å². The second kappa shape index (κ2) is 15.9. The fourth-order valence-corrected chi connectivity index (χ4v) is 3.04. The molecule has 0 radical (unpaired) electrons. The van der Waals surface area contributed by atoms with E-state index in [1.165, 1.54) is 13.8 Å². The molecule has 1 saturated heterocycles. The van der Waals surface area contributed by atoms with Crippen molar-refractivity contribution in [1.82, 2.24) is 9.91 Å². The highest BCUT2D eigenvalue weighted by molar-refractivity contribution is 5.93. The number of carbonyl (C=O) groups excluding carboxylic acids is 2. The number of carbonyl (C=O) groups is 3. The molecule has 1 fully saturated rings. The number of nitrogens with one attached hydrogen (secondary N) is 1. The first-order valence-electron chi connectivity index (χ1n) is 12.4. The Morgan fingerprint density at radius 3 is 2.03 bits per heavy atom. The number of nitrogens with two attached hydrogens (primary N) is 2.